The molecular weight excluding hydrogens is 408 g/mol. The highest BCUT2D eigenvalue weighted by Crippen LogP contribution is 2.40. The van der Waals surface area contributed by atoms with Crippen molar-refractivity contribution in [3.8, 4) is 0 Å². The smallest absolute Gasteiger partial charge is 0.344 e. The Morgan fingerprint density at radius 3 is 2.41 bits per heavy atom. The number of aliphatic hydroxyl groups excluding tert-OH is 1. The Hall–Kier alpha value is -2.70. The van der Waals surface area contributed by atoms with Crippen LogP contribution >= 0.6 is 23.4 Å². The second kappa shape index (κ2) is 9.20. The van der Waals surface area contributed by atoms with Crippen molar-refractivity contribution >= 4 is 51.8 Å². The van der Waals surface area contributed by atoms with Crippen molar-refractivity contribution in [2.45, 2.75) is 6.92 Å². The molecule has 1 heterocycles. The first kappa shape index (κ1) is 21.0. The van der Waals surface area contributed by atoms with Crippen LogP contribution < -0.4 is 4.90 Å². The molecule has 0 saturated carbocycles. The molecular formula is C22H21ClN2O3S. The van der Waals surface area contributed by atoms with Crippen molar-refractivity contribution in [2.24, 2.45) is 4.99 Å². The number of benzene rings is 2. The number of hydrogen-bond donors (Lipinski definition) is 1. The lowest BCUT2D eigenvalue weighted by Gasteiger charge is -2.11. The van der Waals surface area contributed by atoms with Gasteiger partial charge in [-0.3, -0.25) is 0 Å². The number of carbonyl (C=O) groups excluding carboxylic acids is 1. The number of aliphatic hydroxyl groups is 1. The van der Waals surface area contributed by atoms with E-state index in [9.17, 15) is 9.90 Å². The van der Waals surface area contributed by atoms with Crippen molar-refractivity contribution < 1.29 is 14.6 Å². The fraction of sp³-hybridized carbons (Fsp3) is 0.182. The molecule has 5 nitrogen and oxygen atoms in total. The molecule has 0 aliphatic carbocycles. The van der Waals surface area contributed by atoms with Gasteiger partial charge in [0.2, 0.25) is 0 Å². The lowest BCUT2D eigenvalue weighted by molar-refractivity contribution is -0.138. The molecule has 0 bridgehead atoms. The summed E-state index contributed by atoms with van der Waals surface area (Å²) in [7, 11) is 3.94. The van der Waals surface area contributed by atoms with Gasteiger partial charge in [0.05, 0.1) is 17.2 Å². The van der Waals surface area contributed by atoms with Crippen LogP contribution in [0.25, 0.3) is 6.08 Å². The Balaban J connectivity index is 1.99. The summed E-state index contributed by atoms with van der Waals surface area (Å²) < 4.78 is 5.12. The number of aliphatic imine (C=N–C) groups is 1. The largest absolute Gasteiger partial charge is 0.506 e. The Morgan fingerprint density at radius 1 is 1.17 bits per heavy atom. The number of nitrogens with zero attached hydrogens (tertiary/aromatic N) is 2. The van der Waals surface area contributed by atoms with E-state index in [2.05, 4.69) is 4.99 Å². The molecule has 1 aliphatic rings. The molecule has 1 aliphatic heterocycles. The minimum atomic E-state index is -0.600. The molecule has 0 aromatic heterocycles. The summed E-state index contributed by atoms with van der Waals surface area (Å²) in [6.45, 7) is 1.93. The van der Waals surface area contributed by atoms with Gasteiger partial charge in [0, 0.05) is 24.8 Å². The van der Waals surface area contributed by atoms with Gasteiger partial charge in [-0.2, -0.15) is 0 Å². The molecule has 29 heavy (non-hydrogen) atoms. The molecule has 0 radical (unpaired) electrons. The van der Waals surface area contributed by atoms with Crippen molar-refractivity contribution in [3.05, 3.63) is 75.4 Å². The standard InChI is InChI=1S/C22H21ClN2O3S/c1-4-28-22(27)19-20(26)18(13-14-5-11-17(12-6-14)25(2)3)29-21(19)24-16-9-7-15(23)8-10-16/h5-13,26H,4H2,1-3H3/b18-13-,24-21?. The average molecular weight is 429 g/mol. The van der Waals surface area contributed by atoms with Crippen LogP contribution in [0.2, 0.25) is 5.02 Å². The van der Waals surface area contributed by atoms with Crippen molar-refractivity contribution in [1.29, 1.82) is 0 Å². The third kappa shape index (κ3) is 5.02. The lowest BCUT2D eigenvalue weighted by Crippen LogP contribution is -2.12. The summed E-state index contributed by atoms with van der Waals surface area (Å²) in [6, 6.07) is 14.8. The first-order valence-electron chi connectivity index (χ1n) is 9.01. The third-order valence-electron chi connectivity index (χ3n) is 4.13. The third-order valence-corrected chi connectivity index (χ3v) is 5.41. The van der Waals surface area contributed by atoms with E-state index in [4.69, 9.17) is 16.3 Å². The van der Waals surface area contributed by atoms with Gasteiger partial charge in [0.1, 0.15) is 16.4 Å². The van der Waals surface area contributed by atoms with Gasteiger partial charge < -0.3 is 14.7 Å². The van der Waals surface area contributed by atoms with Crippen LogP contribution in [0.5, 0.6) is 0 Å². The normalized spacial score (nSPS) is 16.6. The maximum absolute atomic E-state index is 12.4. The number of ether oxygens (including phenoxy) is 1. The van der Waals surface area contributed by atoms with E-state index in [1.807, 2.05) is 49.3 Å². The second-order valence-corrected chi connectivity index (χ2v) is 7.90. The van der Waals surface area contributed by atoms with E-state index in [0.717, 1.165) is 11.3 Å². The van der Waals surface area contributed by atoms with Crippen LogP contribution in [-0.4, -0.2) is 36.8 Å². The van der Waals surface area contributed by atoms with Crippen LogP contribution in [-0.2, 0) is 9.53 Å². The van der Waals surface area contributed by atoms with Gasteiger partial charge in [-0.1, -0.05) is 35.5 Å². The number of carbonyl (C=O) groups is 1. The molecule has 0 atom stereocenters. The topological polar surface area (TPSA) is 62.1 Å². The molecule has 2 aromatic rings. The van der Waals surface area contributed by atoms with Gasteiger partial charge in [-0.15, -0.1) is 0 Å². The second-order valence-electron chi connectivity index (χ2n) is 6.43. The predicted molar refractivity (Wildman–Crippen MR) is 121 cm³/mol. The van der Waals surface area contributed by atoms with Gasteiger partial charge in [0.15, 0.2) is 0 Å². The number of esters is 1. The van der Waals surface area contributed by atoms with Crippen LogP contribution in [0.3, 0.4) is 0 Å². The number of hydrogen-bond acceptors (Lipinski definition) is 6. The number of anilines is 1. The minimum Gasteiger partial charge on any atom is -0.506 e. The summed E-state index contributed by atoms with van der Waals surface area (Å²) in [5, 5.41) is 11.7. The highest BCUT2D eigenvalue weighted by atomic mass is 35.5. The van der Waals surface area contributed by atoms with Gasteiger partial charge >= 0.3 is 5.97 Å². The molecule has 0 spiro atoms. The Kier molecular flexibility index (Phi) is 6.67. The van der Waals surface area contributed by atoms with E-state index >= 15 is 0 Å². The molecule has 7 heteroatoms. The summed E-state index contributed by atoms with van der Waals surface area (Å²) >= 11 is 7.15. The number of halogens is 1. The maximum atomic E-state index is 12.4. The highest BCUT2D eigenvalue weighted by molar-refractivity contribution is 8.18. The van der Waals surface area contributed by atoms with Gasteiger partial charge in [0.25, 0.3) is 0 Å². The van der Waals surface area contributed by atoms with Gasteiger partial charge in [-0.05, 0) is 55.0 Å². The van der Waals surface area contributed by atoms with Gasteiger partial charge in [-0.25, -0.2) is 9.79 Å². The zero-order chi connectivity index (χ0) is 21.0. The van der Waals surface area contributed by atoms with Crippen LogP contribution in [0.4, 0.5) is 11.4 Å². The molecule has 2 aromatic carbocycles. The van der Waals surface area contributed by atoms with Crippen molar-refractivity contribution in [3.63, 3.8) is 0 Å². The summed E-state index contributed by atoms with van der Waals surface area (Å²) in [5.41, 5.74) is 2.68. The van der Waals surface area contributed by atoms with Crippen LogP contribution in [0.15, 0.2) is 69.8 Å². The summed E-state index contributed by atoms with van der Waals surface area (Å²) in [5.74, 6) is -0.727. The molecule has 150 valence electrons. The molecule has 1 N–H and O–H groups in total. The zero-order valence-corrected chi connectivity index (χ0v) is 17.9. The monoisotopic (exact) mass is 428 g/mol. The Labute approximate surface area is 179 Å². The highest BCUT2D eigenvalue weighted by Gasteiger charge is 2.33. The molecule has 0 fully saturated rings. The van der Waals surface area contributed by atoms with Crippen molar-refractivity contribution in [2.75, 3.05) is 25.6 Å². The molecule has 3 rings (SSSR count). The first-order valence-corrected chi connectivity index (χ1v) is 10.2. The summed E-state index contributed by atoms with van der Waals surface area (Å²) in [4.78, 5) is 19.5. The summed E-state index contributed by atoms with van der Waals surface area (Å²) in [6.07, 6.45) is 1.82. The van der Waals surface area contributed by atoms with E-state index in [1.54, 1.807) is 31.2 Å². The average Bonchev–Trinajstić information content (AvgIpc) is 2.99. The lowest BCUT2D eigenvalue weighted by atomic mass is 10.1. The van der Waals surface area contributed by atoms with Crippen molar-refractivity contribution in [1.82, 2.24) is 0 Å². The number of rotatable bonds is 5. The van der Waals surface area contributed by atoms with E-state index in [1.165, 1.54) is 11.8 Å². The quantitative estimate of drug-likeness (QED) is 0.628. The predicted octanol–water partition coefficient (Wildman–Crippen LogP) is 5.60. The van der Waals surface area contributed by atoms with Crippen LogP contribution in [0.1, 0.15) is 12.5 Å². The van der Waals surface area contributed by atoms with E-state index in [-0.39, 0.29) is 17.9 Å². The number of thioether (sulfide) groups is 1. The zero-order valence-electron chi connectivity index (χ0n) is 16.3. The van der Waals surface area contributed by atoms with Crippen LogP contribution in [0, 0.1) is 0 Å². The maximum Gasteiger partial charge on any atom is 0.344 e. The molecule has 0 unspecified atom stereocenters. The molecule has 0 amide bonds. The fourth-order valence-electron chi connectivity index (χ4n) is 2.64. The Morgan fingerprint density at radius 2 is 1.83 bits per heavy atom. The molecule has 0 saturated heterocycles. The van der Waals surface area contributed by atoms with E-state index in [0.29, 0.717) is 20.7 Å². The minimum absolute atomic E-state index is 0.0722. The SMILES string of the molecule is CCOC(=O)C1=C(O)/C(=C/c2ccc(N(C)C)cc2)SC1=Nc1ccc(Cl)cc1. The Bertz CT molecular complexity index is 994. The fourth-order valence-corrected chi connectivity index (χ4v) is 3.81. The van der Waals surface area contributed by atoms with E-state index < -0.39 is 5.97 Å². The first-order chi connectivity index (χ1) is 13.9.